The van der Waals surface area contributed by atoms with Gasteiger partial charge in [0.1, 0.15) is 12.3 Å². The first-order valence-electron chi connectivity index (χ1n) is 10.5. The Morgan fingerprint density at radius 3 is 2.85 bits per heavy atom. The van der Waals surface area contributed by atoms with Crippen molar-refractivity contribution >= 4 is 40.2 Å². The van der Waals surface area contributed by atoms with Crippen molar-refractivity contribution in [2.45, 2.75) is 32.1 Å². The van der Waals surface area contributed by atoms with Gasteiger partial charge < -0.3 is 9.74 Å². The largest absolute Gasteiger partial charge is 0.395 e. The number of aromatic nitrogens is 3. The number of carbonyl (C=O) groups is 1. The van der Waals surface area contributed by atoms with Gasteiger partial charge in [-0.1, -0.05) is 22.8 Å². The molecule has 11 heteroatoms. The molecule has 0 radical (unpaired) electrons. The van der Waals surface area contributed by atoms with Crippen molar-refractivity contribution in [3.63, 3.8) is 0 Å². The maximum Gasteiger partial charge on any atom is 0.255 e. The van der Waals surface area contributed by atoms with Crippen LogP contribution in [-0.2, 0) is 9.63 Å². The van der Waals surface area contributed by atoms with Gasteiger partial charge in [0.2, 0.25) is 5.91 Å². The molecule has 1 saturated carbocycles. The Bertz CT molecular complexity index is 1120. The highest BCUT2D eigenvalue weighted by Gasteiger charge is 2.57. The van der Waals surface area contributed by atoms with Crippen LogP contribution in [0.5, 0.6) is 0 Å². The van der Waals surface area contributed by atoms with E-state index in [9.17, 15) is 13.6 Å². The Morgan fingerprint density at radius 1 is 1.39 bits per heavy atom. The first-order chi connectivity index (χ1) is 15.9. The summed E-state index contributed by atoms with van der Waals surface area (Å²) >= 11 is 7.78. The number of amides is 1. The van der Waals surface area contributed by atoms with E-state index in [-0.39, 0.29) is 30.5 Å². The van der Waals surface area contributed by atoms with Crippen LogP contribution in [0, 0.1) is 5.92 Å². The molecule has 33 heavy (non-hydrogen) atoms. The number of pyridine rings is 1. The normalized spacial score (nSPS) is 17.1. The zero-order valence-electron chi connectivity index (χ0n) is 17.8. The van der Waals surface area contributed by atoms with E-state index in [0.717, 1.165) is 10.6 Å². The fourth-order valence-electron chi connectivity index (χ4n) is 3.30. The zero-order chi connectivity index (χ0) is 23.4. The van der Waals surface area contributed by atoms with Crippen LogP contribution >= 0.6 is 22.9 Å². The molecule has 1 aliphatic carbocycles. The Hall–Kier alpha value is -2.85. The van der Waals surface area contributed by atoms with Crippen molar-refractivity contribution in [2.24, 2.45) is 11.1 Å². The molecule has 3 aromatic rings. The van der Waals surface area contributed by atoms with E-state index < -0.39 is 11.8 Å². The van der Waals surface area contributed by atoms with Gasteiger partial charge in [-0.25, -0.2) is 13.5 Å². The van der Waals surface area contributed by atoms with Gasteiger partial charge in [-0.15, -0.1) is 11.3 Å². The number of alkyl halides is 2. The summed E-state index contributed by atoms with van der Waals surface area (Å²) in [5, 5.41) is 10.4. The van der Waals surface area contributed by atoms with E-state index in [0.29, 0.717) is 24.4 Å². The molecule has 0 aromatic carbocycles. The van der Waals surface area contributed by atoms with Crippen molar-refractivity contribution in [1.82, 2.24) is 14.8 Å². The highest BCUT2D eigenvalue weighted by molar-refractivity contribution is 7.12. The summed E-state index contributed by atoms with van der Waals surface area (Å²) in [4.78, 5) is 24.7. The fraction of sp³-hybridized carbons (Fsp3) is 0.364. The van der Waals surface area contributed by atoms with Gasteiger partial charge in [0, 0.05) is 32.0 Å². The third-order valence-electron chi connectivity index (χ3n) is 5.26. The maximum absolute atomic E-state index is 13.1. The first-order valence-corrected chi connectivity index (χ1v) is 11.7. The standard InChI is InChI=1S/C22H22ClF2N5O2S/c1-2-29(18-13-30(27-21(18)23)16-5-3-9-26-12-16)20(31)8-7-17(19-6-4-10-33-19)28-32-14-15-11-22(15,24)25/h3-6,9-10,12-13,15H,2,7-8,11,14H2,1H3. The van der Waals surface area contributed by atoms with Crippen LogP contribution in [0.15, 0.2) is 53.4 Å². The highest BCUT2D eigenvalue weighted by Crippen LogP contribution is 2.48. The summed E-state index contributed by atoms with van der Waals surface area (Å²) in [6.07, 6.45) is 5.26. The first kappa shape index (κ1) is 23.3. The minimum Gasteiger partial charge on any atom is -0.395 e. The van der Waals surface area contributed by atoms with Crippen LogP contribution < -0.4 is 4.90 Å². The molecule has 0 aliphatic heterocycles. The van der Waals surface area contributed by atoms with E-state index in [4.69, 9.17) is 16.4 Å². The average Bonchev–Trinajstić information content (AvgIpc) is 3.19. The summed E-state index contributed by atoms with van der Waals surface area (Å²) in [7, 11) is 0. The van der Waals surface area contributed by atoms with Gasteiger partial charge in [0.15, 0.2) is 5.15 Å². The van der Waals surface area contributed by atoms with Crippen molar-refractivity contribution < 1.29 is 18.4 Å². The number of halogens is 3. The van der Waals surface area contributed by atoms with Gasteiger partial charge in [0.05, 0.1) is 34.6 Å². The number of anilines is 1. The molecule has 4 rings (SSSR count). The van der Waals surface area contributed by atoms with Crippen LogP contribution in [0.1, 0.15) is 31.1 Å². The monoisotopic (exact) mass is 493 g/mol. The highest BCUT2D eigenvalue weighted by atomic mass is 35.5. The van der Waals surface area contributed by atoms with E-state index in [1.807, 2.05) is 30.5 Å². The molecular formula is C22H22ClF2N5O2S. The van der Waals surface area contributed by atoms with Gasteiger partial charge >= 0.3 is 0 Å². The lowest BCUT2D eigenvalue weighted by molar-refractivity contribution is -0.118. The molecule has 0 spiro atoms. The van der Waals surface area contributed by atoms with Crippen molar-refractivity contribution in [1.29, 1.82) is 0 Å². The lowest BCUT2D eigenvalue weighted by Crippen LogP contribution is -2.30. The molecule has 0 bridgehead atoms. The number of thiophene rings is 1. The Balaban J connectivity index is 1.43. The second-order valence-electron chi connectivity index (χ2n) is 7.57. The lowest BCUT2D eigenvalue weighted by atomic mass is 10.1. The molecule has 1 atom stereocenters. The minimum absolute atomic E-state index is 0.139. The fourth-order valence-corrected chi connectivity index (χ4v) is 4.27. The van der Waals surface area contributed by atoms with E-state index in [2.05, 4.69) is 15.2 Å². The van der Waals surface area contributed by atoms with E-state index in [1.54, 1.807) is 34.2 Å². The van der Waals surface area contributed by atoms with Gasteiger partial charge in [-0.05, 0) is 30.5 Å². The summed E-state index contributed by atoms with van der Waals surface area (Å²) < 4.78 is 27.7. The Labute approximate surface area is 198 Å². The molecule has 0 N–H and O–H groups in total. The smallest absolute Gasteiger partial charge is 0.255 e. The molecule has 1 unspecified atom stereocenters. The number of hydrogen-bond acceptors (Lipinski definition) is 6. The third-order valence-corrected chi connectivity index (χ3v) is 6.45. The molecule has 0 saturated heterocycles. The Morgan fingerprint density at radius 2 is 2.21 bits per heavy atom. The molecular weight excluding hydrogens is 472 g/mol. The van der Waals surface area contributed by atoms with Crippen LogP contribution in [0.4, 0.5) is 14.5 Å². The average molecular weight is 494 g/mol. The molecule has 3 heterocycles. The Kier molecular flexibility index (Phi) is 7.04. The topological polar surface area (TPSA) is 72.6 Å². The number of hydrogen-bond donors (Lipinski definition) is 0. The number of oxime groups is 1. The van der Waals surface area contributed by atoms with Crippen LogP contribution in [0.25, 0.3) is 5.69 Å². The summed E-state index contributed by atoms with van der Waals surface area (Å²) in [6.45, 7) is 2.11. The molecule has 1 aliphatic rings. The minimum atomic E-state index is -2.66. The SMILES string of the molecule is CCN(C(=O)CCC(=NOCC1CC1(F)F)c1cccs1)c1cn(-c2cccnc2)nc1Cl. The molecule has 1 amide bonds. The van der Waals surface area contributed by atoms with Gasteiger partial charge in [-0.2, -0.15) is 5.10 Å². The van der Waals surface area contributed by atoms with E-state index >= 15 is 0 Å². The summed E-state index contributed by atoms with van der Waals surface area (Å²) in [5.41, 5.74) is 1.77. The summed E-state index contributed by atoms with van der Waals surface area (Å²) in [5.74, 6) is -3.61. The number of carbonyl (C=O) groups excluding carboxylic acids is 1. The van der Waals surface area contributed by atoms with Crippen molar-refractivity contribution in [3.05, 3.63) is 58.3 Å². The number of nitrogens with zero attached hydrogens (tertiary/aromatic N) is 5. The van der Waals surface area contributed by atoms with Crippen molar-refractivity contribution in [3.8, 4) is 5.69 Å². The summed E-state index contributed by atoms with van der Waals surface area (Å²) in [6, 6.07) is 7.33. The molecule has 174 valence electrons. The van der Waals surface area contributed by atoms with Crippen LogP contribution in [0.3, 0.4) is 0 Å². The lowest BCUT2D eigenvalue weighted by Gasteiger charge is -2.19. The predicted molar refractivity (Wildman–Crippen MR) is 123 cm³/mol. The zero-order valence-corrected chi connectivity index (χ0v) is 19.4. The quantitative estimate of drug-likeness (QED) is 0.288. The third kappa shape index (κ3) is 5.56. The molecule has 1 fully saturated rings. The maximum atomic E-state index is 13.1. The molecule has 3 aromatic heterocycles. The second-order valence-corrected chi connectivity index (χ2v) is 8.88. The number of rotatable bonds is 10. The van der Waals surface area contributed by atoms with Gasteiger partial charge in [-0.3, -0.25) is 9.78 Å². The van der Waals surface area contributed by atoms with Crippen LogP contribution in [-0.4, -0.2) is 45.5 Å². The predicted octanol–water partition coefficient (Wildman–Crippen LogP) is 5.19. The second kappa shape index (κ2) is 9.96. The molecule has 7 nitrogen and oxygen atoms in total. The van der Waals surface area contributed by atoms with Crippen LogP contribution in [0.2, 0.25) is 5.15 Å². The van der Waals surface area contributed by atoms with E-state index in [1.165, 1.54) is 11.3 Å². The van der Waals surface area contributed by atoms with Crippen molar-refractivity contribution in [2.75, 3.05) is 18.1 Å². The van der Waals surface area contributed by atoms with Gasteiger partial charge in [0.25, 0.3) is 5.92 Å².